The van der Waals surface area contributed by atoms with Crippen molar-refractivity contribution in [3.8, 4) is 0 Å². The Labute approximate surface area is 166 Å². The molecule has 0 bridgehead atoms. The van der Waals surface area contributed by atoms with Crippen molar-refractivity contribution in [1.29, 1.82) is 0 Å². The van der Waals surface area contributed by atoms with Gasteiger partial charge >= 0.3 is 0 Å². The first-order valence-electron chi connectivity index (χ1n) is 8.46. The predicted molar refractivity (Wildman–Crippen MR) is 105 cm³/mol. The van der Waals surface area contributed by atoms with Crippen LogP contribution in [0.3, 0.4) is 0 Å². The third kappa shape index (κ3) is 3.89. The van der Waals surface area contributed by atoms with Crippen molar-refractivity contribution in [2.24, 2.45) is 5.73 Å². The monoisotopic (exact) mass is 400 g/mol. The standard InChI is InChI=1S/C20H18ClFN4O2/c1-11-15(22)8-14(19(23)27)9-16(11)24-20(28)17-12(2)25-26(18(17)21)10-13-6-4-3-5-7-13/h3-9H,10H2,1-2H3,(H2,23,27)(H,24,28). The fourth-order valence-corrected chi connectivity index (χ4v) is 3.13. The Bertz CT molecular complexity index is 1060. The molecule has 3 rings (SSSR count). The number of aromatic nitrogens is 2. The lowest BCUT2D eigenvalue weighted by molar-refractivity contribution is 0.0995. The number of hydrogen-bond donors (Lipinski definition) is 2. The lowest BCUT2D eigenvalue weighted by atomic mass is 10.1. The Morgan fingerprint density at radius 1 is 1.21 bits per heavy atom. The van der Waals surface area contributed by atoms with Crippen LogP contribution in [-0.2, 0) is 6.54 Å². The summed E-state index contributed by atoms with van der Waals surface area (Å²) in [7, 11) is 0. The van der Waals surface area contributed by atoms with Gasteiger partial charge in [-0.3, -0.25) is 9.59 Å². The summed E-state index contributed by atoms with van der Waals surface area (Å²) in [6.07, 6.45) is 0. The van der Waals surface area contributed by atoms with Crippen molar-refractivity contribution in [2.75, 3.05) is 5.32 Å². The number of primary amides is 1. The summed E-state index contributed by atoms with van der Waals surface area (Å²) in [5.41, 5.74) is 7.10. The first-order chi connectivity index (χ1) is 13.3. The number of amides is 2. The normalized spacial score (nSPS) is 10.7. The summed E-state index contributed by atoms with van der Waals surface area (Å²) >= 11 is 6.38. The van der Waals surface area contributed by atoms with Crippen LogP contribution in [0.1, 0.15) is 37.5 Å². The van der Waals surface area contributed by atoms with E-state index in [2.05, 4.69) is 10.4 Å². The second-order valence-electron chi connectivity index (χ2n) is 6.34. The van der Waals surface area contributed by atoms with E-state index in [0.29, 0.717) is 12.2 Å². The quantitative estimate of drug-likeness (QED) is 0.684. The molecule has 0 aliphatic carbocycles. The maximum Gasteiger partial charge on any atom is 0.260 e. The highest BCUT2D eigenvalue weighted by Crippen LogP contribution is 2.25. The van der Waals surface area contributed by atoms with Crippen LogP contribution in [0.4, 0.5) is 10.1 Å². The molecule has 0 aliphatic rings. The topological polar surface area (TPSA) is 90.0 Å². The minimum atomic E-state index is -0.792. The molecule has 0 aliphatic heterocycles. The van der Waals surface area contributed by atoms with Gasteiger partial charge in [-0.05, 0) is 31.5 Å². The van der Waals surface area contributed by atoms with Crippen molar-refractivity contribution in [3.63, 3.8) is 0 Å². The van der Waals surface area contributed by atoms with E-state index < -0.39 is 17.6 Å². The zero-order valence-electron chi connectivity index (χ0n) is 15.3. The van der Waals surface area contributed by atoms with Crippen LogP contribution in [-0.4, -0.2) is 21.6 Å². The average Bonchev–Trinajstić information content (AvgIpc) is 2.92. The molecule has 0 atom stereocenters. The van der Waals surface area contributed by atoms with Gasteiger partial charge in [-0.25, -0.2) is 9.07 Å². The summed E-state index contributed by atoms with van der Waals surface area (Å²) in [4.78, 5) is 24.1. The Morgan fingerprint density at radius 2 is 1.89 bits per heavy atom. The van der Waals surface area contributed by atoms with E-state index in [0.717, 1.165) is 11.6 Å². The third-order valence-electron chi connectivity index (χ3n) is 4.34. The minimum Gasteiger partial charge on any atom is -0.366 e. The molecule has 0 radical (unpaired) electrons. The van der Waals surface area contributed by atoms with E-state index in [4.69, 9.17) is 17.3 Å². The highest BCUT2D eigenvalue weighted by Gasteiger charge is 2.22. The fraction of sp³-hybridized carbons (Fsp3) is 0.150. The molecule has 6 nitrogen and oxygen atoms in total. The van der Waals surface area contributed by atoms with Crippen molar-refractivity contribution >= 4 is 29.1 Å². The van der Waals surface area contributed by atoms with Gasteiger partial charge in [0, 0.05) is 16.8 Å². The van der Waals surface area contributed by atoms with Gasteiger partial charge in [-0.2, -0.15) is 5.10 Å². The van der Waals surface area contributed by atoms with Gasteiger partial charge < -0.3 is 11.1 Å². The molecular weight excluding hydrogens is 383 g/mol. The number of aryl methyl sites for hydroxylation is 1. The Morgan fingerprint density at radius 3 is 2.54 bits per heavy atom. The second-order valence-corrected chi connectivity index (χ2v) is 6.70. The molecular formula is C20H18ClFN4O2. The summed E-state index contributed by atoms with van der Waals surface area (Å²) in [6.45, 7) is 3.55. The molecule has 0 spiro atoms. The minimum absolute atomic E-state index is 0.0407. The molecule has 144 valence electrons. The SMILES string of the molecule is Cc1nn(Cc2ccccc2)c(Cl)c1C(=O)Nc1cc(C(N)=O)cc(F)c1C. The maximum absolute atomic E-state index is 14.1. The van der Waals surface area contributed by atoms with Crippen molar-refractivity contribution in [3.05, 3.63) is 81.4 Å². The van der Waals surface area contributed by atoms with Crippen LogP contribution in [0, 0.1) is 19.7 Å². The Balaban J connectivity index is 1.91. The van der Waals surface area contributed by atoms with E-state index in [9.17, 15) is 14.0 Å². The first kappa shape index (κ1) is 19.6. The number of halogens is 2. The molecule has 1 aromatic heterocycles. The Kier molecular flexibility index (Phi) is 5.46. The molecule has 0 saturated heterocycles. The van der Waals surface area contributed by atoms with Crippen LogP contribution in [0.5, 0.6) is 0 Å². The first-order valence-corrected chi connectivity index (χ1v) is 8.84. The van der Waals surface area contributed by atoms with E-state index in [1.807, 2.05) is 30.3 Å². The number of nitrogens with zero attached hydrogens (tertiary/aromatic N) is 2. The number of hydrogen-bond acceptors (Lipinski definition) is 3. The molecule has 0 unspecified atom stereocenters. The number of nitrogens with one attached hydrogen (secondary N) is 1. The lowest BCUT2D eigenvalue weighted by Crippen LogP contribution is -2.17. The van der Waals surface area contributed by atoms with E-state index in [1.165, 1.54) is 17.7 Å². The molecule has 0 saturated carbocycles. The highest BCUT2D eigenvalue weighted by atomic mass is 35.5. The zero-order chi connectivity index (χ0) is 20.4. The molecule has 28 heavy (non-hydrogen) atoms. The van der Waals surface area contributed by atoms with Crippen LogP contribution >= 0.6 is 11.6 Å². The summed E-state index contributed by atoms with van der Waals surface area (Å²) < 4.78 is 15.6. The van der Waals surface area contributed by atoms with Crippen molar-refractivity contribution in [1.82, 2.24) is 9.78 Å². The average molecular weight is 401 g/mol. The van der Waals surface area contributed by atoms with Crippen LogP contribution in [0.2, 0.25) is 5.15 Å². The maximum atomic E-state index is 14.1. The third-order valence-corrected chi connectivity index (χ3v) is 4.73. The second kappa shape index (κ2) is 7.82. The summed E-state index contributed by atoms with van der Waals surface area (Å²) in [5, 5.41) is 7.10. The van der Waals surface area contributed by atoms with Gasteiger partial charge in [0.05, 0.1) is 17.8 Å². The largest absolute Gasteiger partial charge is 0.366 e. The molecule has 1 heterocycles. The van der Waals surface area contributed by atoms with Gasteiger partial charge in [0.1, 0.15) is 11.0 Å². The number of nitrogens with two attached hydrogens (primary N) is 1. The molecule has 2 amide bonds. The summed E-state index contributed by atoms with van der Waals surface area (Å²) in [5.74, 6) is -1.99. The number of carbonyl (C=O) groups is 2. The van der Waals surface area contributed by atoms with Gasteiger partial charge in [-0.15, -0.1) is 0 Å². The predicted octanol–water partition coefficient (Wildman–Crippen LogP) is 3.69. The van der Waals surface area contributed by atoms with Gasteiger partial charge in [0.2, 0.25) is 5.91 Å². The summed E-state index contributed by atoms with van der Waals surface area (Å²) in [6, 6.07) is 11.9. The van der Waals surface area contributed by atoms with Gasteiger partial charge in [0.15, 0.2) is 0 Å². The number of benzene rings is 2. The van der Waals surface area contributed by atoms with E-state index in [1.54, 1.807) is 6.92 Å². The van der Waals surface area contributed by atoms with E-state index >= 15 is 0 Å². The van der Waals surface area contributed by atoms with Crippen LogP contribution in [0.15, 0.2) is 42.5 Å². The van der Waals surface area contributed by atoms with E-state index in [-0.39, 0.29) is 27.5 Å². The Hall–Kier alpha value is -3.19. The van der Waals surface area contributed by atoms with Crippen molar-refractivity contribution in [2.45, 2.75) is 20.4 Å². The number of anilines is 1. The molecule has 8 heteroatoms. The molecule has 2 aromatic carbocycles. The number of rotatable bonds is 5. The van der Waals surface area contributed by atoms with Crippen molar-refractivity contribution < 1.29 is 14.0 Å². The molecule has 3 aromatic rings. The van der Waals surface area contributed by atoms with Gasteiger partial charge in [-0.1, -0.05) is 41.9 Å². The number of carbonyl (C=O) groups excluding carboxylic acids is 2. The molecule has 0 fully saturated rings. The van der Waals surface area contributed by atoms with Gasteiger partial charge in [0.25, 0.3) is 5.91 Å². The molecule has 3 N–H and O–H groups in total. The fourth-order valence-electron chi connectivity index (χ4n) is 2.81. The lowest BCUT2D eigenvalue weighted by Gasteiger charge is -2.11. The smallest absolute Gasteiger partial charge is 0.260 e. The highest BCUT2D eigenvalue weighted by molar-refractivity contribution is 6.33. The van der Waals surface area contributed by atoms with Crippen LogP contribution < -0.4 is 11.1 Å². The zero-order valence-corrected chi connectivity index (χ0v) is 16.0. The van der Waals surface area contributed by atoms with Crippen LogP contribution in [0.25, 0.3) is 0 Å².